The van der Waals surface area contributed by atoms with E-state index in [1.54, 1.807) is 0 Å². The van der Waals surface area contributed by atoms with Crippen molar-refractivity contribution < 1.29 is 0 Å². The van der Waals surface area contributed by atoms with Crippen LogP contribution in [0, 0.1) is 12.8 Å². The summed E-state index contributed by atoms with van der Waals surface area (Å²) in [5, 5.41) is 0. The fraction of sp³-hybridized carbons (Fsp3) is 0.476. The van der Waals surface area contributed by atoms with Crippen molar-refractivity contribution in [2.75, 3.05) is 38.6 Å². The molecule has 0 radical (unpaired) electrons. The normalized spacial score (nSPS) is 17.5. The lowest BCUT2D eigenvalue weighted by Gasteiger charge is -2.20. The lowest BCUT2D eigenvalue weighted by molar-refractivity contribution is 0.340. The van der Waals surface area contributed by atoms with E-state index < -0.39 is 0 Å². The van der Waals surface area contributed by atoms with Crippen molar-refractivity contribution in [2.24, 2.45) is 5.92 Å². The van der Waals surface area contributed by atoms with Gasteiger partial charge in [-0.05, 0) is 69.1 Å². The molecule has 1 unspecified atom stereocenters. The molecule has 2 aromatic rings. The average molecular weight is 339 g/mol. The van der Waals surface area contributed by atoms with Crippen molar-refractivity contribution in [2.45, 2.75) is 26.7 Å². The van der Waals surface area contributed by atoms with E-state index in [0.29, 0.717) is 0 Å². The van der Waals surface area contributed by atoms with Crippen LogP contribution in [0.15, 0.2) is 35.1 Å². The molecule has 25 heavy (non-hydrogen) atoms. The van der Waals surface area contributed by atoms with Gasteiger partial charge >= 0.3 is 0 Å². The van der Waals surface area contributed by atoms with Crippen LogP contribution in [0.25, 0.3) is 11.3 Å². The summed E-state index contributed by atoms with van der Waals surface area (Å²) in [6, 6.07) is 10.6. The second kappa shape index (κ2) is 7.44. The minimum atomic E-state index is 0.00217. The van der Waals surface area contributed by atoms with Crippen molar-refractivity contribution in [3.63, 3.8) is 0 Å². The van der Waals surface area contributed by atoms with E-state index >= 15 is 0 Å². The van der Waals surface area contributed by atoms with Gasteiger partial charge in [0.05, 0.1) is 5.69 Å². The zero-order valence-corrected chi connectivity index (χ0v) is 15.8. The van der Waals surface area contributed by atoms with Crippen LogP contribution in [0.5, 0.6) is 0 Å². The van der Waals surface area contributed by atoms with Crippen LogP contribution < -0.4 is 10.5 Å². The summed E-state index contributed by atoms with van der Waals surface area (Å²) in [6.45, 7) is 7.39. The number of H-pyrrole nitrogens is 1. The van der Waals surface area contributed by atoms with Gasteiger partial charge in [-0.25, -0.2) is 0 Å². The number of hydrogen-bond donors (Lipinski definition) is 1. The molecule has 2 heterocycles. The highest BCUT2D eigenvalue weighted by Crippen LogP contribution is 2.28. The first-order valence-electron chi connectivity index (χ1n) is 9.20. The molecule has 0 aliphatic carbocycles. The maximum atomic E-state index is 12.0. The van der Waals surface area contributed by atoms with Crippen LogP contribution in [0.1, 0.15) is 24.5 Å². The van der Waals surface area contributed by atoms with Crippen molar-refractivity contribution in [3.8, 4) is 11.3 Å². The number of nitrogens with zero attached hydrogens (tertiary/aromatic N) is 2. The zero-order chi connectivity index (χ0) is 18.0. The maximum absolute atomic E-state index is 12.0. The Hall–Kier alpha value is -2.07. The van der Waals surface area contributed by atoms with Crippen LogP contribution in [-0.2, 0) is 6.42 Å². The number of aryl methyl sites for hydroxylation is 2. The second-order valence-electron chi connectivity index (χ2n) is 7.45. The van der Waals surface area contributed by atoms with Crippen molar-refractivity contribution >= 4 is 5.69 Å². The predicted molar refractivity (Wildman–Crippen MR) is 105 cm³/mol. The molecule has 0 amide bonds. The van der Waals surface area contributed by atoms with E-state index in [1.807, 2.05) is 13.0 Å². The molecule has 0 bridgehead atoms. The van der Waals surface area contributed by atoms with E-state index in [0.717, 1.165) is 48.8 Å². The van der Waals surface area contributed by atoms with Crippen molar-refractivity contribution in [1.29, 1.82) is 0 Å². The first kappa shape index (κ1) is 17.7. The minimum Gasteiger partial charge on any atom is -0.371 e. The number of nitrogens with one attached hydrogen (secondary N) is 1. The van der Waals surface area contributed by atoms with Gasteiger partial charge in [0, 0.05) is 30.9 Å². The monoisotopic (exact) mass is 339 g/mol. The Labute approximate surface area is 150 Å². The van der Waals surface area contributed by atoms with Crippen LogP contribution in [0.3, 0.4) is 0 Å². The molecule has 1 atom stereocenters. The quantitative estimate of drug-likeness (QED) is 0.908. The molecule has 1 aliphatic rings. The Balaban J connectivity index is 1.80. The van der Waals surface area contributed by atoms with Crippen LogP contribution in [0.2, 0.25) is 0 Å². The lowest BCUT2D eigenvalue weighted by atomic mass is 10.0. The third kappa shape index (κ3) is 3.96. The Morgan fingerprint density at radius 1 is 1.24 bits per heavy atom. The summed E-state index contributed by atoms with van der Waals surface area (Å²) in [5.74, 6) is 0.745. The molecule has 4 nitrogen and oxygen atoms in total. The average Bonchev–Trinajstić information content (AvgIpc) is 3.05. The van der Waals surface area contributed by atoms with E-state index in [9.17, 15) is 4.79 Å². The summed E-state index contributed by atoms with van der Waals surface area (Å²) in [6.07, 6.45) is 2.16. The van der Waals surface area contributed by atoms with Gasteiger partial charge in [-0.1, -0.05) is 19.1 Å². The highest BCUT2D eigenvalue weighted by atomic mass is 16.1. The molecular formula is C21H29N3O. The van der Waals surface area contributed by atoms with Crippen LogP contribution >= 0.6 is 0 Å². The molecule has 1 aliphatic heterocycles. The fourth-order valence-electron chi connectivity index (χ4n) is 3.80. The SMILES string of the molecule is CCc1cc(C)c(=O)[nH]c1-c1ccc(N2CCC(CN(C)C)C2)cc1. The molecule has 0 saturated carbocycles. The molecule has 1 fully saturated rings. The largest absolute Gasteiger partial charge is 0.371 e. The molecular weight excluding hydrogens is 310 g/mol. The van der Waals surface area contributed by atoms with E-state index in [4.69, 9.17) is 0 Å². The number of benzene rings is 1. The maximum Gasteiger partial charge on any atom is 0.251 e. The number of pyridine rings is 1. The third-order valence-corrected chi connectivity index (χ3v) is 5.12. The first-order chi connectivity index (χ1) is 12.0. The molecule has 1 N–H and O–H groups in total. The second-order valence-corrected chi connectivity index (χ2v) is 7.45. The smallest absolute Gasteiger partial charge is 0.251 e. The Kier molecular flexibility index (Phi) is 5.28. The topological polar surface area (TPSA) is 39.3 Å². The number of rotatable bonds is 5. The van der Waals surface area contributed by atoms with Gasteiger partial charge in [0.25, 0.3) is 5.56 Å². The number of hydrogen-bond acceptors (Lipinski definition) is 3. The molecule has 4 heteroatoms. The molecule has 1 aromatic heterocycles. The highest BCUT2D eigenvalue weighted by molar-refractivity contribution is 5.66. The summed E-state index contributed by atoms with van der Waals surface area (Å²) in [4.78, 5) is 19.8. The van der Waals surface area contributed by atoms with Gasteiger partial charge in [-0.3, -0.25) is 4.79 Å². The molecule has 1 saturated heterocycles. The molecule has 134 valence electrons. The summed E-state index contributed by atoms with van der Waals surface area (Å²) < 4.78 is 0. The standard InChI is InChI=1S/C21H29N3O/c1-5-17-12-15(2)21(25)22-20(17)18-6-8-19(9-7-18)24-11-10-16(14-24)13-23(3)4/h6-9,12,16H,5,10-11,13-14H2,1-4H3,(H,22,25). The van der Waals surface area contributed by atoms with E-state index in [-0.39, 0.29) is 5.56 Å². The van der Waals surface area contributed by atoms with Crippen LogP contribution in [-0.4, -0.2) is 43.6 Å². The van der Waals surface area contributed by atoms with Gasteiger partial charge in [0.15, 0.2) is 0 Å². The van der Waals surface area contributed by atoms with Gasteiger partial charge in [0.1, 0.15) is 0 Å². The third-order valence-electron chi connectivity index (χ3n) is 5.12. The summed E-state index contributed by atoms with van der Waals surface area (Å²) in [5.41, 5.74) is 5.29. The number of aromatic amines is 1. The van der Waals surface area contributed by atoms with Gasteiger partial charge in [-0.2, -0.15) is 0 Å². The Morgan fingerprint density at radius 3 is 2.60 bits per heavy atom. The molecule has 1 aromatic carbocycles. The highest BCUT2D eigenvalue weighted by Gasteiger charge is 2.23. The van der Waals surface area contributed by atoms with Crippen LogP contribution in [0.4, 0.5) is 5.69 Å². The number of anilines is 1. The zero-order valence-electron chi connectivity index (χ0n) is 15.8. The lowest BCUT2D eigenvalue weighted by Crippen LogP contribution is -2.25. The van der Waals surface area contributed by atoms with Gasteiger partial charge in [0.2, 0.25) is 0 Å². The van der Waals surface area contributed by atoms with Gasteiger partial charge in [-0.15, -0.1) is 0 Å². The summed E-state index contributed by atoms with van der Waals surface area (Å²) in [7, 11) is 4.29. The fourth-order valence-corrected chi connectivity index (χ4v) is 3.80. The van der Waals surface area contributed by atoms with Gasteiger partial charge < -0.3 is 14.8 Å². The van der Waals surface area contributed by atoms with Crippen molar-refractivity contribution in [1.82, 2.24) is 9.88 Å². The minimum absolute atomic E-state index is 0.00217. The summed E-state index contributed by atoms with van der Waals surface area (Å²) >= 11 is 0. The van der Waals surface area contributed by atoms with E-state index in [1.165, 1.54) is 17.7 Å². The van der Waals surface area contributed by atoms with Crippen molar-refractivity contribution in [3.05, 3.63) is 51.8 Å². The molecule has 3 rings (SSSR count). The Bertz CT molecular complexity index is 777. The predicted octanol–water partition coefficient (Wildman–Crippen LogP) is 3.30. The first-order valence-corrected chi connectivity index (χ1v) is 9.20. The van der Waals surface area contributed by atoms with E-state index in [2.05, 4.69) is 60.1 Å². The number of aromatic nitrogens is 1. The Morgan fingerprint density at radius 2 is 1.96 bits per heavy atom. The molecule has 0 spiro atoms.